The van der Waals surface area contributed by atoms with Crippen LogP contribution in [0.25, 0.3) is 0 Å². The van der Waals surface area contributed by atoms with Crippen molar-refractivity contribution in [1.29, 1.82) is 0 Å². The van der Waals surface area contributed by atoms with Crippen molar-refractivity contribution in [2.75, 3.05) is 14.2 Å². The highest BCUT2D eigenvalue weighted by Gasteiger charge is 2.11. The Hall–Kier alpha value is -0.680. The maximum atomic E-state index is 11.1. The average Bonchev–Trinajstić information content (AvgIpc) is 2.37. The molecule has 1 aromatic rings. The number of methoxy groups -OCH3 is 2. The first kappa shape index (κ1) is 15.4. The summed E-state index contributed by atoms with van der Waals surface area (Å²) in [5.41, 5.74) is 1.16. The van der Waals surface area contributed by atoms with Gasteiger partial charge in [-0.1, -0.05) is 22.9 Å². The minimum Gasteiger partial charge on any atom is -0.497 e. The second kappa shape index (κ2) is 7.69. The van der Waals surface area contributed by atoms with E-state index in [1.54, 1.807) is 18.9 Å². The highest BCUT2D eigenvalue weighted by Crippen LogP contribution is 2.28. The molecule has 0 aliphatic heterocycles. The second-order valence-corrected chi connectivity index (χ2v) is 6.14. The summed E-state index contributed by atoms with van der Waals surface area (Å²) in [7, 11) is 3.07. The van der Waals surface area contributed by atoms with Crippen LogP contribution in [0.1, 0.15) is 18.9 Å². The van der Waals surface area contributed by atoms with E-state index >= 15 is 0 Å². The molecule has 0 aliphatic rings. The monoisotopic (exact) mass is 332 g/mol. The first-order valence-corrected chi connectivity index (χ1v) is 7.41. The van der Waals surface area contributed by atoms with Gasteiger partial charge in [0, 0.05) is 15.5 Å². The SMILES string of the molecule is COC(=O)CC(C)SCc1cc(OC)ccc1Br. The highest BCUT2D eigenvalue weighted by atomic mass is 79.9. The van der Waals surface area contributed by atoms with E-state index in [4.69, 9.17) is 4.74 Å². The van der Waals surface area contributed by atoms with Gasteiger partial charge in [-0.2, -0.15) is 11.8 Å². The van der Waals surface area contributed by atoms with Crippen molar-refractivity contribution < 1.29 is 14.3 Å². The lowest BCUT2D eigenvalue weighted by Gasteiger charge is -2.11. The average molecular weight is 333 g/mol. The lowest BCUT2D eigenvalue weighted by Crippen LogP contribution is -2.08. The van der Waals surface area contributed by atoms with Crippen molar-refractivity contribution in [3.8, 4) is 5.75 Å². The van der Waals surface area contributed by atoms with Crippen LogP contribution in [0.15, 0.2) is 22.7 Å². The van der Waals surface area contributed by atoms with Crippen molar-refractivity contribution in [1.82, 2.24) is 0 Å². The number of carbonyl (C=O) groups is 1. The lowest BCUT2D eigenvalue weighted by molar-refractivity contribution is -0.140. The number of thioether (sulfide) groups is 1. The molecular weight excluding hydrogens is 316 g/mol. The van der Waals surface area contributed by atoms with Crippen LogP contribution < -0.4 is 4.74 Å². The molecule has 0 radical (unpaired) electrons. The van der Waals surface area contributed by atoms with Gasteiger partial charge < -0.3 is 9.47 Å². The summed E-state index contributed by atoms with van der Waals surface area (Å²) in [6, 6.07) is 5.89. The Balaban J connectivity index is 2.54. The normalized spacial score (nSPS) is 12.0. The Kier molecular flexibility index (Phi) is 6.57. The number of hydrogen-bond acceptors (Lipinski definition) is 4. The molecule has 0 saturated heterocycles. The minimum atomic E-state index is -0.167. The number of esters is 1. The van der Waals surface area contributed by atoms with Gasteiger partial charge in [0.15, 0.2) is 0 Å². The minimum absolute atomic E-state index is 0.167. The number of ether oxygens (including phenoxy) is 2. The fraction of sp³-hybridized carbons (Fsp3) is 0.462. The molecule has 18 heavy (non-hydrogen) atoms. The molecule has 0 spiro atoms. The first-order valence-electron chi connectivity index (χ1n) is 5.57. The predicted octanol–water partition coefficient (Wildman–Crippen LogP) is 3.64. The zero-order valence-electron chi connectivity index (χ0n) is 10.7. The van der Waals surface area contributed by atoms with Crippen LogP contribution in [0.5, 0.6) is 5.75 Å². The van der Waals surface area contributed by atoms with Crippen molar-refractivity contribution >= 4 is 33.7 Å². The van der Waals surface area contributed by atoms with Gasteiger partial charge >= 0.3 is 5.97 Å². The van der Waals surface area contributed by atoms with E-state index in [2.05, 4.69) is 20.7 Å². The van der Waals surface area contributed by atoms with Gasteiger partial charge in [-0.15, -0.1) is 0 Å². The zero-order valence-corrected chi connectivity index (χ0v) is 13.1. The Morgan fingerprint density at radius 2 is 2.17 bits per heavy atom. The van der Waals surface area contributed by atoms with E-state index < -0.39 is 0 Å². The second-order valence-electron chi connectivity index (χ2n) is 3.86. The summed E-state index contributed by atoms with van der Waals surface area (Å²) in [6.45, 7) is 2.02. The van der Waals surface area contributed by atoms with Gasteiger partial charge in [0.05, 0.1) is 20.6 Å². The number of halogens is 1. The Bertz CT molecular complexity index is 409. The third-order valence-corrected chi connectivity index (χ3v) is 4.45. The van der Waals surface area contributed by atoms with Crippen molar-refractivity contribution in [3.05, 3.63) is 28.2 Å². The maximum absolute atomic E-state index is 11.1. The number of hydrogen-bond donors (Lipinski definition) is 0. The largest absolute Gasteiger partial charge is 0.497 e. The van der Waals surface area contributed by atoms with Gasteiger partial charge in [0.2, 0.25) is 0 Å². The van der Waals surface area contributed by atoms with E-state index in [1.165, 1.54) is 7.11 Å². The van der Waals surface area contributed by atoms with E-state index in [1.807, 2.05) is 25.1 Å². The fourth-order valence-electron chi connectivity index (χ4n) is 1.40. The third kappa shape index (κ3) is 4.90. The smallest absolute Gasteiger partial charge is 0.306 e. The van der Waals surface area contributed by atoms with Gasteiger partial charge in [-0.3, -0.25) is 4.79 Å². The van der Waals surface area contributed by atoms with Crippen LogP contribution in [0.4, 0.5) is 0 Å². The number of carbonyl (C=O) groups excluding carboxylic acids is 1. The predicted molar refractivity (Wildman–Crippen MR) is 78.1 cm³/mol. The molecule has 0 amide bonds. The van der Waals surface area contributed by atoms with Gasteiger partial charge in [0.1, 0.15) is 5.75 Å². The molecule has 0 aromatic heterocycles. The maximum Gasteiger partial charge on any atom is 0.306 e. The van der Waals surface area contributed by atoms with Gasteiger partial charge in [0.25, 0.3) is 0 Å². The Labute approximate surface area is 120 Å². The Morgan fingerprint density at radius 1 is 1.44 bits per heavy atom. The van der Waals surface area contributed by atoms with E-state index in [0.717, 1.165) is 21.5 Å². The summed E-state index contributed by atoms with van der Waals surface area (Å²) in [4.78, 5) is 11.1. The quantitative estimate of drug-likeness (QED) is 0.745. The van der Waals surface area contributed by atoms with Crippen molar-refractivity contribution in [3.63, 3.8) is 0 Å². The molecule has 1 atom stereocenters. The molecule has 0 fully saturated rings. The molecule has 0 aliphatic carbocycles. The molecule has 5 heteroatoms. The van der Waals surface area contributed by atoms with E-state index in [-0.39, 0.29) is 11.2 Å². The topological polar surface area (TPSA) is 35.5 Å². The first-order chi connectivity index (χ1) is 8.56. The zero-order chi connectivity index (χ0) is 13.5. The standard InChI is InChI=1S/C13H17BrO3S/c1-9(6-13(15)17-3)18-8-10-7-11(16-2)4-5-12(10)14/h4-5,7,9H,6,8H2,1-3H3. The Morgan fingerprint density at radius 3 is 2.78 bits per heavy atom. The number of benzene rings is 1. The van der Waals surface area contributed by atoms with Crippen LogP contribution in [0.2, 0.25) is 0 Å². The molecule has 100 valence electrons. The molecule has 0 bridgehead atoms. The van der Waals surface area contributed by atoms with Crippen LogP contribution in [0.3, 0.4) is 0 Å². The molecule has 1 unspecified atom stereocenters. The highest BCUT2D eigenvalue weighted by molar-refractivity contribution is 9.10. The molecule has 0 saturated carbocycles. The molecular formula is C13H17BrO3S. The van der Waals surface area contributed by atoms with Crippen LogP contribution in [-0.4, -0.2) is 25.4 Å². The summed E-state index contributed by atoms with van der Waals surface area (Å²) >= 11 is 5.23. The van der Waals surface area contributed by atoms with Crippen LogP contribution in [0, 0.1) is 0 Å². The summed E-state index contributed by atoms with van der Waals surface area (Å²) in [5.74, 6) is 1.50. The lowest BCUT2D eigenvalue weighted by atomic mass is 10.2. The molecule has 0 N–H and O–H groups in total. The molecule has 1 rings (SSSR count). The summed E-state index contributed by atoms with van der Waals surface area (Å²) < 4.78 is 10.9. The van der Waals surface area contributed by atoms with E-state index in [9.17, 15) is 4.79 Å². The third-order valence-electron chi connectivity index (χ3n) is 2.46. The summed E-state index contributed by atoms with van der Waals surface area (Å²) in [6.07, 6.45) is 0.433. The van der Waals surface area contributed by atoms with Crippen molar-refractivity contribution in [2.45, 2.75) is 24.3 Å². The van der Waals surface area contributed by atoms with Crippen LogP contribution in [-0.2, 0) is 15.3 Å². The van der Waals surface area contributed by atoms with Crippen LogP contribution >= 0.6 is 27.7 Å². The number of rotatable bonds is 6. The molecule has 0 heterocycles. The fourth-order valence-corrected chi connectivity index (χ4v) is 2.93. The van der Waals surface area contributed by atoms with Gasteiger partial charge in [-0.05, 0) is 23.8 Å². The summed E-state index contributed by atoms with van der Waals surface area (Å²) in [5, 5.41) is 0.232. The van der Waals surface area contributed by atoms with Gasteiger partial charge in [-0.25, -0.2) is 0 Å². The van der Waals surface area contributed by atoms with E-state index in [0.29, 0.717) is 6.42 Å². The molecule has 3 nitrogen and oxygen atoms in total. The van der Waals surface area contributed by atoms with Crippen molar-refractivity contribution in [2.24, 2.45) is 0 Å². The molecule has 1 aromatic carbocycles.